The highest BCUT2D eigenvalue weighted by Crippen LogP contribution is 2.33. The van der Waals surface area contributed by atoms with Crippen LogP contribution in [0.1, 0.15) is 5.56 Å². The second kappa shape index (κ2) is 3.91. The van der Waals surface area contributed by atoms with E-state index in [9.17, 15) is 13.2 Å². The topological polar surface area (TPSA) is 26.0 Å². The van der Waals surface area contributed by atoms with Gasteiger partial charge in [-0.15, -0.1) is 0 Å². The third-order valence-corrected chi connectivity index (χ3v) is 2.16. The quantitative estimate of drug-likeness (QED) is 0.754. The van der Waals surface area contributed by atoms with Crippen LogP contribution in [0.15, 0.2) is 24.3 Å². The van der Waals surface area contributed by atoms with Crippen molar-refractivity contribution in [2.24, 2.45) is 0 Å². The van der Waals surface area contributed by atoms with Crippen molar-refractivity contribution in [3.8, 4) is 0 Å². The Morgan fingerprint density at radius 3 is 2.54 bits per heavy atom. The molecule has 0 heterocycles. The minimum atomic E-state index is -4.18. The molecule has 72 valence electrons. The number of anilines is 1. The molecule has 1 aromatic carbocycles. The summed E-state index contributed by atoms with van der Waals surface area (Å²) in [7, 11) is 0. The van der Waals surface area contributed by atoms with Crippen molar-refractivity contribution < 1.29 is 13.2 Å². The highest BCUT2D eigenvalue weighted by atomic mass is 32.2. The number of rotatable bonds is 2. The van der Waals surface area contributed by atoms with Crippen LogP contribution in [0.2, 0.25) is 0 Å². The van der Waals surface area contributed by atoms with E-state index < -0.39 is 5.51 Å². The molecule has 0 spiro atoms. The van der Waals surface area contributed by atoms with Gasteiger partial charge in [0, 0.05) is 11.4 Å². The van der Waals surface area contributed by atoms with Crippen LogP contribution < -0.4 is 5.73 Å². The lowest BCUT2D eigenvalue weighted by Gasteiger charge is -2.05. The summed E-state index contributed by atoms with van der Waals surface area (Å²) < 4.78 is 35.3. The van der Waals surface area contributed by atoms with Gasteiger partial charge in [-0.05, 0) is 29.5 Å². The minimum absolute atomic E-state index is 0.0602. The van der Waals surface area contributed by atoms with E-state index in [0.29, 0.717) is 11.3 Å². The Kier molecular flexibility index (Phi) is 3.08. The van der Waals surface area contributed by atoms with Crippen LogP contribution in [0.5, 0.6) is 0 Å². The van der Waals surface area contributed by atoms with Crippen molar-refractivity contribution in [3.63, 3.8) is 0 Å². The Balaban J connectivity index is 2.55. The SMILES string of the molecule is Nc1cccc(CSC(F)(F)F)c1. The molecule has 0 saturated heterocycles. The fourth-order valence-corrected chi connectivity index (χ4v) is 1.36. The van der Waals surface area contributed by atoms with E-state index >= 15 is 0 Å². The Morgan fingerprint density at radius 2 is 2.00 bits per heavy atom. The molecule has 0 unspecified atom stereocenters. The van der Waals surface area contributed by atoms with E-state index in [2.05, 4.69) is 0 Å². The van der Waals surface area contributed by atoms with E-state index in [-0.39, 0.29) is 17.5 Å². The van der Waals surface area contributed by atoms with E-state index in [1.165, 1.54) is 0 Å². The molecule has 0 radical (unpaired) electrons. The number of halogens is 3. The first-order valence-electron chi connectivity index (χ1n) is 3.52. The van der Waals surface area contributed by atoms with Crippen LogP contribution >= 0.6 is 11.8 Å². The smallest absolute Gasteiger partial charge is 0.399 e. The highest BCUT2D eigenvalue weighted by Gasteiger charge is 2.27. The fraction of sp³-hybridized carbons (Fsp3) is 0.250. The monoisotopic (exact) mass is 207 g/mol. The number of thioether (sulfide) groups is 1. The molecule has 0 saturated carbocycles. The molecule has 0 amide bonds. The summed E-state index contributed by atoms with van der Waals surface area (Å²) >= 11 is -0.0602. The molecule has 1 aromatic rings. The van der Waals surface area contributed by atoms with Crippen LogP contribution in [0.25, 0.3) is 0 Å². The Bertz CT molecular complexity index is 285. The molecule has 0 aliphatic heterocycles. The van der Waals surface area contributed by atoms with Gasteiger partial charge >= 0.3 is 5.51 Å². The Labute approximate surface area is 78.1 Å². The number of nitrogens with two attached hydrogens (primary N) is 1. The van der Waals surface area contributed by atoms with Crippen molar-refractivity contribution in [2.75, 3.05) is 5.73 Å². The largest absolute Gasteiger partial charge is 0.442 e. The molecule has 1 rings (SSSR count). The number of alkyl halides is 3. The van der Waals surface area contributed by atoms with E-state index in [1.807, 2.05) is 0 Å². The van der Waals surface area contributed by atoms with Gasteiger partial charge in [0.15, 0.2) is 0 Å². The third-order valence-electron chi connectivity index (χ3n) is 1.35. The molecular formula is C8H8F3NS. The Hall–Kier alpha value is -0.840. The summed E-state index contributed by atoms with van der Waals surface area (Å²) in [5.74, 6) is -0.0888. The molecule has 0 aromatic heterocycles. The lowest BCUT2D eigenvalue weighted by molar-refractivity contribution is -0.0329. The molecule has 13 heavy (non-hydrogen) atoms. The predicted molar refractivity (Wildman–Crippen MR) is 48.2 cm³/mol. The van der Waals surface area contributed by atoms with Crippen molar-refractivity contribution in [2.45, 2.75) is 11.3 Å². The Morgan fingerprint density at radius 1 is 1.31 bits per heavy atom. The predicted octanol–water partition coefficient (Wildman–Crippen LogP) is 3.02. The first-order valence-corrected chi connectivity index (χ1v) is 4.51. The maximum atomic E-state index is 11.8. The number of hydrogen-bond acceptors (Lipinski definition) is 2. The number of hydrogen-bond donors (Lipinski definition) is 1. The zero-order valence-corrected chi connectivity index (χ0v) is 7.45. The third kappa shape index (κ3) is 4.07. The molecule has 0 bridgehead atoms. The van der Waals surface area contributed by atoms with Gasteiger partial charge in [0.05, 0.1) is 0 Å². The number of benzene rings is 1. The second-order valence-electron chi connectivity index (χ2n) is 2.48. The van der Waals surface area contributed by atoms with Crippen molar-refractivity contribution in [1.29, 1.82) is 0 Å². The summed E-state index contributed by atoms with van der Waals surface area (Å²) in [4.78, 5) is 0. The first kappa shape index (κ1) is 10.2. The van der Waals surface area contributed by atoms with Gasteiger partial charge < -0.3 is 5.73 Å². The summed E-state index contributed by atoms with van der Waals surface area (Å²) in [5.41, 5.74) is 2.30. The van der Waals surface area contributed by atoms with Gasteiger partial charge in [-0.25, -0.2) is 0 Å². The second-order valence-corrected chi connectivity index (χ2v) is 3.52. The van der Waals surface area contributed by atoms with E-state index in [1.54, 1.807) is 24.3 Å². The summed E-state index contributed by atoms with van der Waals surface area (Å²) in [6.07, 6.45) is 0. The standard InChI is InChI=1S/C8H8F3NS/c9-8(10,11)13-5-6-2-1-3-7(12)4-6/h1-4H,5,12H2. The molecular weight excluding hydrogens is 199 g/mol. The normalized spacial score (nSPS) is 11.6. The van der Waals surface area contributed by atoms with Crippen LogP contribution in [-0.4, -0.2) is 5.51 Å². The van der Waals surface area contributed by atoms with Crippen LogP contribution in [0, 0.1) is 0 Å². The number of nitrogen functional groups attached to an aromatic ring is 1. The first-order chi connectivity index (χ1) is 5.97. The summed E-state index contributed by atoms with van der Waals surface area (Å²) in [5, 5.41) is 0. The van der Waals surface area contributed by atoms with Crippen molar-refractivity contribution in [1.82, 2.24) is 0 Å². The molecule has 0 atom stereocenters. The fourth-order valence-electron chi connectivity index (χ4n) is 0.848. The van der Waals surface area contributed by atoms with Gasteiger partial charge in [0.25, 0.3) is 0 Å². The highest BCUT2D eigenvalue weighted by molar-refractivity contribution is 7.99. The van der Waals surface area contributed by atoms with Gasteiger partial charge in [-0.3, -0.25) is 0 Å². The van der Waals surface area contributed by atoms with E-state index in [4.69, 9.17) is 5.73 Å². The summed E-state index contributed by atoms with van der Waals surface area (Å²) in [6.45, 7) is 0. The van der Waals surface area contributed by atoms with Gasteiger partial charge in [-0.2, -0.15) is 13.2 Å². The molecule has 1 nitrogen and oxygen atoms in total. The molecule has 5 heteroatoms. The van der Waals surface area contributed by atoms with Crippen molar-refractivity contribution >= 4 is 17.4 Å². The lowest BCUT2D eigenvalue weighted by Crippen LogP contribution is -2.00. The average Bonchev–Trinajstić information content (AvgIpc) is 2.00. The average molecular weight is 207 g/mol. The maximum Gasteiger partial charge on any atom is 0.442 e. The van der Waals surface area contributed by atoms with Crippen molar-refractivity contribution in [3.05, 3.63) is 29.8 Å². The molecule has 0 fully saturated rings. The zero-order chi connectivity index (χ0) is 9.90. The maximum absolute atomic E-state index is 11.8. The van der Waals surface area contributed by atoms with Gasteiger partial charge in [-0.1, -0.05) is 12.1 Å². The van der Waals surface area contributed by atoms with Gasteiger partial charge in [0.2, 0.25) is 0 Å². The minimum Gasteiger partial charge on any atom is -0.399 e. The lowest BCUT2D eigenvalue weighted by atomic mass is 10.2. The zero-order valence-electron chi connectivity index (χ0n) is 6.64. The van der Waals surface area contributed by atoms with Crippen LogP contribution in [0.3, 0.4) is 0 Å². The van der Waals surface area contributed by atoms with Gasteiger partial charge in [0.1, 0.15) is 0 Å². The van der Waals surface area contributed by atoms with E-state index in [0.717, 1.165) is 0 Å². The molecule has 0 aliphatic carbocycles. The summed E-state index contributed by atoms with van der Waals surface area (Å²) in [6, 6.07) is 6.44. The van der Waals surface area contributed by atoms with Crippen LogP contribution in [0.4, 0.5) is 18.9 Å². The molecule has 2 N–H and O–H groups in total. The van der Waals surface area contributed by atoms with Crippen LogP contribution in [-0.2, 0) is 5.75 Å². The molecule has 0 aliphatic rings.